The van der Waals surface area contributed by atoms with Gasteiger partial charge in [0.05, 0.1) is 10.6 Å². The van der Waals surface area contributed by atoms with Crippen LogP contribution < -0.4 is 9.46 Å². The molecule has 1 aromatic heterocycles. The van der Waals surface area contributed by atoms with Crippen molar-refractivity contribution in [1.29, 1.82) is 0 Å². The number of sulfonamides is 1. The van der Waals surface area contributed by atoms with Gasteiger partial charge in [0, 0.05) is 10.9 Å². The number of nitrogens with one attached hydrogen (secondary N) is 1. The molecule has 0 saturated heterocycles. The van der Waals surface area contributed by atoms with Gasteiger partial charge in [-0.25, -0.2) is 18.2 Å². The Morgan fingerprint density at radius 2 is 1.67 bits per heavy atom. The summed E-state index contributed by atoms with van der Waals surface area (Å²) in [5, 5.41) is 10.2. The number of aromatic carboxylic acids is 1. The van der Waals surface area contributed by atoms with Crippen LogP contribution in [0.4, 0.5) is 5.69 Å². The van der Waals surface area contributed by atoms with E-state index in [9.17, 15) is 18.3 Å². The minimum atomic E-state index is -3.97. The Labute approximate surface area is 191 Å². The molecule has 0 fully saturated rings. The van der Waals surface area contributed by atoms with Crippen LogP contribution in [0, 0.1) is 13.8 Å². The van der Waals surface area contributed by atoms with Crippen LogP contribution in [0.5, 0.6) is 5.75 Å². The molecule has 4 rings (SSSR count). The van der Waals surface area contributed by atoms with Gasteiger partial charge in [-0.3, -0.25) is 4.72 Å². The molecule has 3 aromatic carbocycles. The fraction of sp³-hybridized carbons (Fsp3) is 0.120. The molecule has 0 unspecified atom stereocenters. The fourth-order valence-electron chi connectivity index (χ4n) is 3.46. The number of aryl methyl sites for hydroxylation is 1. The molecule has 0 aliphatic carbocycles. The van der Waals surface area contributed by atoms with Gasteiger partial charge in [0.15, 0.2) is 5.69 Å². The quantitative estimate of drug-likeness (QED) is 0.403. The minimum absolute atomic E-state index is 0.0748. The minimum Gasteiger partial charge on any atom is -0.487 e. The first-order valence-electron chi connectivity index (χ1n) is 10.2. The van der Waals surface area contributed by atoms with Crippen LogP contribution in [0.1, 0.15) is 27.2 Å². The predicted molar refractivity (Wildman–Crippen MR) is 126 cm³/mol. The van der Waals surface area contributed by atoms with Gasteiger partial charge in [-0.1, -0.05) is 60.2 Å². The van der Waals surface area contributed by atoms with Gasteiger partial charge in [0.25, 0.3) is 10.0 Å². The van der Waals surface area contributed by atoms with Crippen LogP contribution in [0.25, 0.3) is 10.9 Å². The lowest BCUT2D eigenvalue weighted by Gasteiger charge is -2.17. The second-order valence-electron chi connectivity index (χ2n) is 7.61. The molecule has 0 aliphatic heterocycles. The van der Waals surface area contributed by atoms with E-state index in [1.165, 1.54) is 19.1 Å². The van der Waals surface area contributed by atoms with Gasteiger partial charge in [0.2, 0.25) is 0 Å². The normalized spacial score (nSPS) is 11.3. The van der Waals surface area contributed by atoms with E-state index in [0.29, 0.717) is 11.1 Å². The maximum Gasteiger partial charge on any atom is 0.354 e. The Bertz CT molecular complexity index is 1430. The maximum absolute atomic E-state index is 13.1. The van der Waals surface area contributed by atoms with Gasteiger partial charge >= 0.3 is 5.97 Å². The molecule has 0 spiro atoms. The van der Waals surface area contributed by atoms with Crippen LogP contribution >= 0.6 is 0 Å². The van der Waals surface area contributed by atoms with Crippen LogP contribution in [0.2, 0.25) is 0 Å². The number of anilines is 1. The zero-order valence-corrected chi connectivity index (χ0v) is 18.9. The molecule has 0 atom stereocenters. The summed E-state index contributed by atoms with van der Waals surface area (Å²) in [6, 6.07) is 21.0. The third kappa shape index (κ3) is 4.65. The number of aromatic nitrogens is 1. The zero-order chi connectivity index (χ0) is 23.6. The average Bonchev–Trinajstić information content (AvgIpc) is 2.80. The van der Waals surface area contributed by atoms with Crippen molar-refractivity contribution in [2.75, 3.05) is 4.72 Å². The number of fused-ring (bicyclic) bond motifs is 1. The lowest BCUT2D eigenvalue weighted by atomic mass is 10.1. The van der Waals surface area contributed by atoms with E-state index in [1.54, 1.807) is 30.3 Å². The highest BCUT2D eigenvalue weighted by Crippen LogP contribution is 2.35. The van der Waals surface area contributed by atoms with E-state index in [2.05, 4.69) is 9.71 Å². The van der Waals surface area contributed by atoms with Crippen molar-refractivity contribution in [2.45, 2.75) is 25.3 Å². The Kier molecular flexibility index (Phi) is 6.02. The van der Waals surface area contributed by atoms with Crippen LogP contribution in [0.3, 0.4) is 0 Å². The Balaban J connectivity index is 1.82. The summed E-state index contributed by atoms with van der Waals surface area (Å²) in [5.74, 6) is -0.905. The number of pyridine rings is 1. The number of ether oxygens (including phenoxy) is 1. The number of benzene rings is 3. The second kappa shape index (κ2) is 8.91. The fourth-order valence-corrected chi connectivity index (χ4v) is 4.60. The van der Waals surface area contributed by atoms with E-state index in [1.807, 2.05) is 37.3 Å². The van der Waals surface area contributed by atoms with E-state index < -0.39 is 16.0 Å². The third-order valence-corrected chi connectivity index (χ3v) is 6.60. The molecule has 0 bridgehead atoms. The third-order valence-electron chi connectivity index (χ3n) is 5.23. The Hall–Kier alpha value is -3.91. The molecule has 33 heavy (non-hydrogen) atoms. The average molecular weight is 463 g/mol. The molecule has 4 aromatic rings. The van der Waals surface area contributed by atoms with Crippen molar-refractivity contribution < 1.29 is 23.1 Å². The molecule has 0 radical (unpaired) electrons. The Morgan fingerprint density at radius 1 is 0.970 bits per heavy atom. The van der Waals surface area contributed by atoms with Crippen molar-refractivity contribution in [3.8, 4) is 5.75 Å². The number of hydrogen-bond acceptors (Lipinski definition) is 5. The van der Waals surface area contributed by atoms with Crippen molar-refractivity contribution >= 4 is 32.6 Å². The van der Waals surface area contributed by atoms with Gasteiger partial charge in [-0.2, -0.15) is 0 Å². The van der Waals surface area contributed by atoms with Gasteiger partial charge in [0.1, 0.15) is 17.9 Å². The molecule has 168 valence electrons. The van der Waals surface area contributed by atoms with Crippen molar-refractivity contribution in [1.82, 2.24) is 4.98 Å². The number of carboxylic acid groups (broad SMARTS) is 1. The van der Waals surface area contributed by atoms with Gasteiger partial charge in [-0.05, 0) is 37.6 Å². The topological polar surface area (TPSA) is 106 Å². The molecule has 2 N–H and O–H groups in total. The lowest BCUT2D eigenvalue weighted by molar-refractivity contribution is 0.0690. The summed E-state index contributed by atoms with van der Waals surface area (Å²) >= 11 is 0. The number of hydrogen-bond donors (Lipinski definition) is 2. The molecule has 0 saturated carbocycles. The maximum atomic E-state index is 13.1. The van der Waals surface area contributed by atoms with E-state index in [4.69, 9.17) is 4.74 Å². The molecular formula is C25H22N2O5S. The monoisotopic (exact) mass is 462 g/mol. The number of para-hydroxylation sites is 1. The van der Waals surface area contributed by atoms with Crippen molar-refractivity contribution in [3.05, 3.63) is 95.2 Å². The number of carboxylic acids is 1. The SMILES string of the molecule is Cc1ccc(S(=O)(=O)Nc2c(C)c(C(=O)O)nc3c(OCc4ccccc4)cccc23)cc1. The highest BCUT2D eigenvalue weighted by Gasteiger charge is 2.23. The van der Waals surface area contributed by atoms with Crippen LogP contribution in [-0.2, 0) is 16.6 Å². The van der Waals surface area contributed by atoms with Crippen LogP contribution in [-0.4, -0.2) is 24.5 Å². The molecule has 0 amide bonds. The van der Waals surface area contributed by atoms with E-state index >= 15 is 0 Å². The summed E-state index contributed by atoms with van der Waals surface area (Å²) in [6.07, 6.45) is 0. The molecular weight excluding hydrogens is 440 g/mol. The largest absolute Gasteiger partial charge is 0.487 e. The standard InChI is InChI=1S/C25H22N2O5S/c1-16-11-13-19(14-12-16)33(30,31)27-22-17(2)23(25(28)29)26-24-20(22)9-6-10-21(24)32-15-18-7-4-3-5-8-18/h3-14H,15H2,1-2H3,(H,26,27)(H,28,29). The van der Waals surface area contributed by atoms with E-state index in [-0.39, 0.29) is 34.0 Å². The summed E-state index contributed by atoms with van der Waals surface area (Å²) in [7, 11) is -3.97. The zero-order valence-electron chi connectivity index (χ0n) is 18.1. The summed E-state index contributed by atoms with van der Waals surface area (Å²) in [5.41, 5.74) is 2.24. The summed E-state index contributed by atoms with van der Waals surface area (Å²) in [4.78, 5) is 16.3. The van der Waals surface area contributed by atoms with Gasteiger partial charge < -0.3 is 9.84 Å². The summed E-state index contributed by atoms with van der Waals surface area (Å²) < 4.78 is 34.7. The smallest absolute Gasteiger partial charge is 0.354 e. The van der Waals surface area contributed by atoms with Gasteiger partial charge in [-0.15, -0.1) is 0 Å². The molecule has 7 nitrogen and oxygen atoms in total. The van der Waals surface area contributed by atoms with E-state index in [0.717, 1.165) is 11.1 Å². The molecule has 8 heteroatoms. The number of carbonyl (C=O) groups is 1. The van der Waals surface area contributed by atoms with Crippen molar-refractivity contribution in [2.24, 2.45) is 0 Å². The van der Waals surface area contributed by atoms with Crippen molar-refractivity contribution in [3.63, 3.8) is 0 Å². The number of nitrogens with zero attached hydrogens (tertiary/aromatic N) is 1. The number of rotatable bonds is 7. The first kappa shape index (κ1) is 22.3. The Morgan fingerprint density at radius 3 is 2.33 bits per heavy atom. The highest BCUT2D eigenvalue weighted by atomic mass is 32.2. The summed E-state index contributed by atoms with van der Waals surface area (Å²) in [6.45, 7) is 3.64. The second-order valence-corrected chi connectivity index (χ2v) is 9.29. The first-order valence-corrected chi connectivity index (χ1v) is 11.7. The molecule has 1 heterocycles. The predicted octanol–water partition coefficient (Wildman–Crippen LogP) is 4.93. The molecule has 0 aliphatic rings. The lowest BCUT2D eigenvalue weighted by Crippen LogP contribution is -2.16. The highest BCUT2D eigenvalue weighted by molar-refractivity contribution is 7.92. The van der Waals surface area contributed by atoms with Crippen LogP contribution in [0.15, 0.2) is 77.7 Å². The first-order chi connectivity index (χ1) is 15.8.